The van der Waals surface area contributed by atoms with Gasteiger partial charge in [-0.1, -0.05) is 86.6 Å². The van der Waals surface area contributed by atoms with Gasteiger partial charge in [0.05, 0.1) is 35.3 Å². The molecule has 0 unspecified atom stereocenters. The average molecular weight is 623 g/mol. The van der Waals surface area contributed by atoms with Gasteiger partial charge in [0.1, 0.15) is 0 Å². The van der Waals surface area contributed by atoms with Gasteiger partial charge in [-0.25, -0.2) is 0 Å². The standard InChI is InChI=1S/C36H24N2S2.C2H4O.C2H6/c39-27-19-23(17-25(21-27)37-33-13-5-1-9-29(33)30-10-2-6-14-34(30)37)24-18-26(22-28(40)20-24)38-35-15-7-3-11-31(35)32-12-4-8-16-36(32)38;1-2-3-1;1-2/h1-22,39-40H;1-2H2;1-2H3. The first-order valence-corrected chi connectivity index (χ1v) is 16.3. The third-order valence-electron chi connectivity index (χ3n) is 8.02. The molecule has 1 aliphatic heterocycles. The maximum atomic E-state index is 4.86. The largest absolute Gasteiger partial charge is 0.377 e. The molecule has 0 amide bonds. The molecule has 0 radical (unpaired) electrons. The monoisotopic (exact) mass is 622 g/mol. The third-order valence-corrected chi connectivity index (χ3v) is 8.54. The van der Waals surface area contributed by atoms with E-state index in [9.17, 15) is 0 Å². The number of rotatable bonds is 3. The molecule has 0 saturated carbocycles. The molecule has 9 rings (SSSR count). The molecule has 2 aromatic heterocycles. The van der Waals surface area contributed by atoms with Crippen molar-refractivity contribution in [3.05, 3.63) is 133 Å². The molecule has 6 aromatic carbocycles. The molecule has 0 aliphatic carbocycles. The fraction of sp³-hybridized carbons (Fsp3) is 0.100. The zero-order chi connectivity index (χ0) is 30.9. The molecule has 222 valence electrons. The van der Waals surface area contributed by atoms with Crippen LogP contribution in [0.25, 0.3) is 66.1 Å². The van der Waals surface area contributed by atoms with Crippen molar-refractivity contribution >= 4 is 68.9 Å². The molecule has 45 heavy (non-hydrogen) atoms. The predicted octanol–water partition coefficient (Wildman–Crippen LogP) is 11.2. The van der Waals surface area contributed by atoms with Crippen LogP contribution in [0.3, 0.4) is 0 Å². The van der Waals surface area contributed by atoms with Gasteiger partial charge in [0.2, 0.25) is 0 Å². The summed E-state index contributed by atoms with van der Waals surface area (Å²) in [7, 11) is 0. The number of epoxide rings is 1. The summed E-state index contributed by atoms with van der Waals surface area (Å²) in [5.41, 5.74) is 9.10. The van der Waals surface area contributed by atoms with E-state index in [1.54, 1.807) is 0 Å². The molecule has 0 N–H and O–H groups in total. The van der Waals surface area contributed by atoms with Crippen molar-refractivity contribution in [1.82, 2.24) is 9.13 Å². The highest BCUT2D eigenvalue weighted by atomic mass is 32.1. The van der Waals surface area contributed by atoms with Gasteiger partial charge >= 0.3 is 0 Å². The average Bonchev–Trinajstić information content (AvgIpc) is 3.88. The topological polar surface area (TPSA) is 22.4 Å². The van der Waals surface area contributed by atoms with Crippen LogP contribution in [0.2, 0.25) is 0 Å². The van der Waals surface area contributed by atoms with E-state index in [1.807, 2.05) is 13.8 Å². The fourth-order valence-electron chi connectivity index (χ4n) is 6.18. The van der Waals surface area contributed by atoms with Gasteiger partial charge in [-0.3, -0.25) is 0 Å². The van der Waals surface area contributed by atoms with Crippen LogP contribution in [0.5, 0.6) is 0 Å². The Labute approximate surface area is 274 Å². The number of fused-ring (bicyclic) bond motifs is 6. The Morgan fingerprint density at radius 1 is 0.444 bits per heavy atom. The summed E-state index contributed by atoms with van der Waals surface area (Å²) >= 11 is 9.73. The molecule has 0 atom stereocenters. The van der Waals surface area contributed by atoms with Crippen molar-refractivity contribution < 1.29 is 4.74 Å². The molecular weight excluding hydrogens is 589 g/mol. The van der Waals surface area contributed by atoms with Crippen LogP contribution in [-0.2, 0) is 4.74 Å². The second-order valence-electron chi connectivity index (χ2n) is 10.8. The molecule has 8 aromatic rings. The van der Waals surface area contributed by atoms with Crippen LogP contribution in [0.15, 0.2) is 143 Å². The number of ether oxygens (including phenoxy) is 1. The quantitative estimate of drug-likeness (QED) is 0.149. The Morgan fingerprint density at radius 3 is 1.02 bits per heavy atom. The summed E-state index contributed by atoms with van der Waals surface area (Å²) in [5, 5.41) is 4.98. The Morgan fingerprint density at radius 2 is 0.733 bits per heavy atom. The van der Waals surface area contributed by atoms with Crippen LogP contribution < -0.4 is 0 Å². The molecule has 3 nitrogen and oxygen atoms in total. The van der Waals surface area contributed by atoms with Crippen molar-refractivity contribution in [2.45, 2.75) is 23.6 Å². The van der Waals surface area contributed by atoms with Crippen molar-refractivity contribution in [2.24, 2.45) is 0 Å². The minimum absolute atomic E-state index is 0.914. The number of thiol groups is 2. The first-order chi connectivity index (χ1) is 22.2. The van der Waals surface area contributed by atoms with Crippen LogP contribution in [0.4, 0.5) is 0 Å². The van der Waals surface area contributed by atoms with Crippen molar-refractivity contribution in [2.75, 3.05) is 13.2 Å². The number of para-hydroxylation sites is 4. The fourth-order valence-corrected chi connectivity index (χ4v) is 6.73. The van der Waals surface area contributed by atoms with Gasteiger partial charge in [-0.05, 0) is 71.8 Å². The second-order valence-corrected chi connectivity index (χ2v) is 11.9. The van der Waals surface area contributed by atoms with Crippen LogP contribution in [0, 0.1) is 0 Å². The Hall–Kier alpha value is -4.42. The number of benzene rings is 6. The lowest BCUT2D eigenvalue weighted by molar-refractivity contribution is 0.475. The molecule has 1 aliphatic rings. The first kappa shape index (κ1) is 29.3. The summed E-state index contributed by atoms with van der Waals surface area (Å²) < 4.78 is 9.18. The molecule has 3 heterocycles. The maximum absolute atomic E-state index is 4.86. The van der Waals surface area contributed by atoms with E-state index in [0.29, 0.717) is 0 Å². The van der Waals surface area contributed by atoms with E-state index in [0.717, 1.165) is 45.5 Å². The number of aromatic nitrogens is 2. The van der Waals surface area contributed by atoms with E-state index >= 15 is 0 Å². The molecule has 1 fully saturated rings. The number of hydrogen-bond acceptors (Lipinski definition) is 3. The number of nitrogens with zero attached hydrogens (tertiary/aromatic N) is 2. The summed E-state index contributed by atoms with van der Waals surface area (Å²) in [5.74, 6) is 0. The Balaban J connectivity index is 0.000000605. The Kier molecular flexibility index (Phi) is 8.16. The maximum Gasteiger partial charge on any atom is 0.0701 e. The van der Waals surface area contributed by atoms with Gasteiger partial charge in [0, 0.05) is 42.7 Å². The van der Waals surface area contributed by atoms with E-state index in [2.05, 4.69) is 147 Å². The highest BCUT2D eigenvalue weighted by Crippen LogP contribution is 2.37. The third kappa shape index (κ3) is 5.53. The summed E-state index contributed by atoms with van der Waals surface area (Å²) in [4.78, 5) is 1.83. The summed E-state index contributed by atoms with van der Waals surface area (Å²) in [6, 6.07) is 47.5. The smallest absolute Gasteiger partial charge is 0.0701 e. The SMILES string of the molecule is C1CO1.CC.Sc1cc(-c2cc(S)cc(-n3c4ccccc4c4ccccc43)c2)cc(-n2c3ccccc3c3ccccc32)c1. The zero-order valence-electron chi connectivity index (χ0n) is 25.3. The van der Waals surface area contributed by atoms with Crippen LogP contribution >= 0.6 is 25.3 Å². The van der Waals surface area contributed by atoms with Gasteiger partial charge in [0.15, 0.2) is 0 Å². The molecule has 5 heteroatoms. The van der Waals surface area contributed by atoms with E-state index in [1.165, 1.54) is 43.6 Å². The summed E-state index contributed by atoms with van der Waals surface area (Å²) in [6.07, 6.45) is 0. The molecule has 1 saturated heterocycles. The van der Waals surface area contributed by atoms with Crippen LogP contribution in [0.1, 0.15) is 13.8 Å². The normalized spacial score (nSPS) is 12.2. The lowest BCUT2D eigenvalue weighted by Crippen LogP contribution is -1.97. The van der Waals surface area contributed by atoms with E-state index < -0.39 is 0 Å². The highest BCUT2D eigenvalue weighted by molar-refractivity contribution is 7.80. The second kappa shape index (κ2) is 12.5. The lowest BCUT2D eigenvalue weighted by Gasteiger charge is -2.14. The first-order valence-electron chi connectivity index (χ1n) is 15.4. The molecule has 0 spiro atoms. The Bertz CT molecular complexity index is 2040. The predicted molar refractivity (Wildman–Crippen MR) is 197 cm³/mol. The van der Waals surface area contributed by atoms with Gasteiger partial charge in [0.25, 0.3) is 0 Å². The minimum Gasteiger partial charge on any atom is -0.377 e. The van der Waals surface area contributed by atoms with Crippen molar-refractivity contribution in [3.63, 3.8) is 0 Å². The molecule has 0 bridgehead atoms. The van der Waals surface area contributed by atoms with E-state index in [-0.39, 0.29) is 0 Å². The van der Waals surface area contributed by atoms with Gasteiger partial charge in [-0.15, -0.1) is 25.3 Å². The zero-order valence-corrected chi connectivity index (χ0v) is 27.1. The lowest BCUT2D eigenvalue weighted by atomic mass is 10.0. The summed E-state index contributed by atoms with van der Waals surface area (Å²) in [6.45, 7) is 6.00. The highest BCUT2D eigenvalue weighted by Gasteiger charge is 2.15. The van der Waals surface area contributed by atoms with Gasteiger partial charge < -0.3 is 13.9 Å². The minimum atomic E-state index is 0.914. The van der Waals surface area contributed by atoms with Crippen molar-refractivity contribution in [1.29, 1.82) is 0 Å². The van der Waals surface area contributed by atoms with Gasteiger partial charge in [-0.2, -0.15) is 0 Å². The van der Waals surface area contributed by atoms with Crippen molar-refractivity contribution in [3.8, 4) is 22.5 Å². The number of hydrogen-bond donors (Lipinski definition) is 2. The molecular formula is C40H34N2OS2. The van der Waals surface area contributed by atoms with Crippen LogP contribution in [-0.4, -0.2) is 22.3 Å². The van der Waals surface area contributed by atoms with E-state index in [4.69, 9.17) is 25.3 Å².